The lowest BCUT2D eigenvalue weighted by atomic mass is 10.2. The van der Waals surface area contributed by atoms with Crippen LogP contribution in [0, 0.1) is 0 Å². The highest BCUT2D eigenvalue weighted by atomic mass is 14.8. The molecular formula is C14H25N3. The third-order valence-electron chi connectivity index (χ3n) is 2.22. The summed E-state index contributed by atoms with van der Waals surface area (Å²) in [5.41, 5.74) is 11.7. The molecule has 0 amide bonds. The molecule has 0 fully saturated rings. The number of nitrogens with zero attached hydrogens (tertiary/aromatic N) is 1. The van der Waals surface area contributed by atoms with Crippen molar-refractivity contribution in [1.29, 1.82) is 0 Å². The van der Waals surface area contributed by atoms with Gasteiger partial charge in [0.15, 0.2) is 0 Å². The molecule has 0 aromatic carbocycles. The predicted molar refractivity (Wildman–Crippen MR) is 74.4 cm³/mol. The monoisotopic (exact) mass is 235 g/mol. The van der Waals surface area contributed by atoms with Crippen LogP contribution in [0.4, 0.5) is 0 Å². The van der Waals surface area contributed by atoms with Crippen molar-refractivity contribution in [3.63, 3.8) is 0 Å². The van der Waals surface area contributed by atoms with Crippen molar-refractivity contribution in [2.75, 3.05) is 0 Å². The van der Waals surface area contributed by atoms with Gasteiger partial charge in [-0.3, -0.25) is 4.98 Å². The smallest absolute Gasteiger partial charge is 0.0520 e. The number of hydrogen-bond acceptors (Lipinski definition) is 3. The van der Waals surface area contributed by atoms with Gasteiger partial charge in [-0.1, -0.05) is 38.3 Å². The zero-order chi connectivity index (χ0) is 12.9. The molecule has 0 aliphatic rings. The van der Waals surface area contributed by atoms with Crippen molar-refractivity contribution in [2.24, 2.45) is 11.5 Å². The zero-order valence-corrected chi connectivity index (χ0v) is 10.8. The van der Waals surface area contributed by atoms with Crippen molar-refractivity contribution in [3.8, 4) is 0 Å². The summed E-state index contributed by atoms with van der Waals surface area (Å²) in [6, 6.07) is 5.88. The average Bonchev–Trinajstić information content (AvgIpc) is 2.32. The number of unbranched alkanes of at least 4 members (excludes halogenated alkanes) is 2. The van der Waals surface area contributed by atoms with E-state index in [0.29, 0.717) is 0 Å². The van der Waals surface area contributed by atoms with Crippen molar-refractivity contribution < 1.29 is 0 Å². The number of rotatable bonds is 6. The predicted octanol–water partition coefficient (Wildman–Crippen LogP) is 2.62. The van der Waals surface area contributed by atoms with Gasteiger partial charge >= 0.3 is 0 Å². The Balaban J connectivity index is 0.000000304. The van der Waals surface area contributed by atoms with Crippen LogP contribution in [0.25, 0.3) is 0 Å². The lowest BCUT2D eigenvalue weighted by Crippen LogP contribution is -2.29. The molecule has 0 radical (unpaired) electrons. The van der Waals surface area contributed by atoms with E-state index < -0.39 is 0 Å². The summed E-state index contributed by atoms with van der Waals surface area (Å²) in [5.74, 6) is 0. The lowest BCUT2D eigenvalue weighted by Gasteiger charge is -2.01. The maximum absolute atomic E-state index is 5.31. The fourth-order valence-corrected chi connectivity index (χ4v) is 1.30. The molecule has 0 atom stereocenters. The van der Waals surface area contributed by atoms with Gasteiger partial charge in [0.05, 0.1) is 6.17 Å². The minimum Gasteiger partial charge on any atom is -0.316 e. The Morgan fingerprint density at radius 1 is 1.35 bits per heavy atom. The average molecular weight is 235 g/mol. The molecule has 1 heterocycles. The third kappa shape index (κ3) is 11.1. The van der Waals surface area contributed by atoms with E-state index in [-0.39, 0.29) is 6.17 Å². The maximum Gasteiger partial charge on any atom is 0.0520 e. The first-order valence-corrected chi connectivity index (χ1v) is 6.22. The highest BCUT2D eigenvalue weighted by Crippen LogP contribution is 1.97. The van der Waals surface area contributed by atoms with E-state index in [1.807, 2.05) is 24.3 Å². The molecule has 0 saturated carbocycles. The highest BCUT2D eigenvalue weighted by molar-refractivity contribution is 5.06. The summed E-state index contributed by atoms with van der Waals surface area (Å²) >= 11 is 0. The first kappa shape index (κ1) is 15.8. The molecule has 4 N–H and O–H groups in total. The second kappa shape index (κ2) is 11.3. The van der Waals surface area contributed by atoms with Gasteiger partial charge in [-0.25, -0.2) is 0 Å². The second-order valence-electron chi connectivity index (χ2n) is 3.97. The Kier molecular flexibility index (Phi) is 10.5. The topological polar surface area (TPSA) is 64.9 Å². The van der Waals surface area contributed by atoms with E-state index in [1.54, 1.807) is 6.20 Å². The van der Waals surface area contributed by atoms with Crippen molar-refractivity contribution >= 4 is 0 Å². The number of hydrogen-bond donors (Lipinski definition) is 2. The number of allylic oxidation sites excluding steroid dienone is 1. The number of aromatic nitrogens is 1. The van der Waals surface area contributed by atoms with E-state index in [1.165, 1.54) is 19.3 Å². The Morgan fingerprint density at radius 2 is 2.12 bits per heavy atom. The van der Waals surface area contributed by atoms with Gasteiger partial charge in [0.2, 0.25) is 0 Å². The molecule has 17 heavy (non-hydrogen) atoms. The van der Waals surface area contributed by atoms with E-state index >= 15 is 0 Å². The first-order valence-electron chi connectivity index (χ1n) is 6.22. The van der Waals surface area contributed by atoms with Crippen LogP contribution in [0.2, 0.25) is 0 Å². The molecule has 0 unspecified atom stereocenters. The minimum absolute atomic E-state index is 0.0958. The summed E-state index contributed by atoms with van der Waals surface area (Å²) < 4.78 is 0. The van der Waals surface area contributed by atoms with Gasteiger partial charge in [-0.15, -0.1) is 6.58 Å². The van der Waals surface area contributed by atoms with Crippen LogP contribution in [0.5, 0.6) is 0 Å². The van der Waals surface area contributed by atoms with Crippen LogP contribution >= 0.6 is 0 Å². The molecule has 0 aliphatic carbocycles. The molecule has 1 aromatic rings. The molecule has 3 heteroatoms. The van der Waals surface area contributed by atoms with Crippen molar-refractivity contribution in [1.82, 2.24) is 4.98 Å². The zero-order valence-electron chi connectivity index (χ0n) is 10.8. The van der Waals surface area contributed by atoms with Crippen LogP contribution in [-0.4, -0.2) is 11.1 Å². The molecular weight excluding hydrogens is 210 g/mol. The van der Waals surface area contributed by atoms with E-state index in [4.69, 9.17) is 11.5 Å². The molecule has 0 spiro atoms. The molecule has 3 nitrogen and oxygen atoms in total. The van der Waals surface area contributed by atoms with E-state index in [2.05, 4.69) is 18.5 Å². The first-order chi connectivity index (χ1) is 8.20. The maximum atomic E-state index is 5.31. The van der Waals surface area contributed by atoms with Gasteiger partial charge in [0.1, 0.15) is 0 Å². The fourth-order valence-electron chi connectivity index (χ4n) is 1.30. The van der Waals surface area contributed by atoms with Gasteiger partial charge in [0, 0.05) is 18.3 Å². The number of nitrogens with two attached hydrogens (primary N) is 2. The molecule has 0 aliphatic heterocycles. The summed E-state index contributed by atoms with van der Waals surface area (Å²) in [6.07, 6.45) is 9.04. The Labute approximate surface area is 105 Å². The molecule has 0 saturated heterocycles. The number of pyridine rings is 1. The van der Waals surface area contributed by atoms with Gasteiger partial charge in [0.25, 0.3) is 0 Å². The van der Waals surface area contributed by atoms with Gasteiger partial charge < -0.3 is 11.5 Å². The van der Waals surface area contributed by atoms with Gasteiger partial charge in [-0.05, 0) is 18.6 Å². The lowest BCUT2D eigenvalue weighted by molar-refractivity contribution is 0.575. The molecule has 1 aromatic heterocycles. The normalized spacial score (nSPS) is 9.65. The Bertz CT molecular complexity index is 270. The fraction of sp³-hybridized carbons (Fsp3) is 0.500. The molecule has 0 bridgehead atoms. The van der Waals surface area contributed by atoms with E-state index in [0.717, 1.165) is 18.5 Å². The van der Waals surface area contributed by atoms with Crippen LogP contribution < -0.4 is 11.5 Å². The van der Waals surface area contributed by atoms with Crippen molar-refractivity contribution in [2.45, 2.75) is 45.2 Å². The largest absolute Gasteiger partial charge is 0.316 e. The third-order valence-corrected chi connectivity index (χ3v) is 2.22. The van der Waals surface area contributed by atoms with Gasteiger partial charge in [-0.2, -0.15) is 0 Å². The molecule has 96 valence electrons. The highest BCUT2D eigenvalue weighted by Gasteiger charge is 1.90. The van der Waals surface area contributed by atoms with Crippen LogP contribution in [0.15, 0.2) is 37.1 Å². The minimum atomic E-state index is -0.0958. The standard InChI is InChI=1S/C8H9N.C6H16N2/c1-2-5-8-6-3-4-7-9-8;1-2-3-4-5-6(7)8/h2-4,6-7H,1,5H2;6H,2-5,7-8H2,1H3. The van der Waals surface area contributed by atoms with Crippen molar-refractivity contribution in [3.05, 3.63) is 42.7 Å². The summed E-state index contributed by atoms with van der Waals surface area (Å²) in [5, 5.41) is 0. The second-order valence-corrected chi connectivity index (χ2v) is 3.97. The SMILES string of the molecule is C=CCc1ccccn1.CCCCCC(N)N. The Hall–Kier alpha value is -1.19. The molecule has 1 rings (SSSR count). The summed E-state index contributed by atoms with van der Waals surface area (Å²) in [7, 11) is 0. The van der Waals surface area contributed by atoms with Crippen LogP contribution in [-0.2, 0) is 6.42 Å². The quantitative estimate of drug-likeness (QED) is 0.452. The van der Waals surface area contributed by atoms with Crippen LogP contribution in [0.3, 0.4) is 0 Å². The van der Waals surface area contributed by atoms with Crippen LogP contribution in [0.1, 0.15) is 38.3 Å². The summed E-state index contributed by atoms with van der Waals surface area (Å²) in [4.78, 5) is 4.10. The van der Waals surface area contributed by atoms with E-state index in [9.17, 15) is 0 Å². The summed E-state index contributed by atoms with van der Waals surface area (Å²) in [6.45, 7) is 5.78. The Morgan fingerprint density at radius 3 is 2.59 bits per heavy atom.